The molecule has 35 heavy (non-hydrogen) atoms. The number of fused-ring (bicyclic) bond motifs is 1. The summed E-state index contributed by atoms with van der Waals surface area (Å²) in [5.41, 5.74) is 2.24. The van der Waals surface area contributed by atoms with Gasteiger partial charge in [0.2, 0.25) is 5.91 Å². The molecule has 1 amide bonds. The van der Waals surface area contributed by atoms with E-state index in [2.05, 4.69) is 27.6 Å². The fourth-order valence-electron chi connectivity index (χ4n) is 4.03. The van der Waals surface area contributed by atoms with E-state index in [9.17, 15) is 4.79 Å². The van der Waals surface area contributed by atoms with E-state index in [4.69, 9.17) is 9.47 Å². The number of benzene rings is 3. The normalized spacial score (nSPS) is 15.4. The highest BCUT2D eigenvalue weighted by atomic mass is 32.2. The maximum atomic E-state index is 12.9. The van der Waals surface area contributed by atoms with Crippen LogP contribution in [0.3, 0.4) is 0 Å². The van der Waals surface area contributed by atoms with Crippen molar-refractivity contribution in [2.24, 2.45) is 7.05 Å². The minimum Gasteiger partial charge on any atom is -0.485 e. The van der Waals surface area contributed by atoms with Gasteiger partial charge in [-0.05, 0) is 29.7 Å². The second-order valence-electron chi connectivity index (χ2n) is 8.27. The van der Waals surface area contributed by atoms with E-state index < -0.39 is 0 Å². The Labute approximate surface area is 208 Å². The van der Waals surface area contributed by atoms with Crippen LogP contribution in [0.2, 0.25) is 0 Å². The predicted octanol–water partition coefficient (Wildman–Crippen LogP) is 4.52. The van der Waals surface area contributed by atoms with E-state index in [0.717, 1.165) is 17.7 Å². The topological polar surface area (TPSA) is 78.3 Å². The standard InChI is InChI=1S/C27H26N4O3S/c1-31-26(24-17-33-22-14-8-9-15-23(22)34-24)29-30-27(31)35-18-25(32)28-21(20-12-6-3-7-13-20)16-19-10-4-2-5-11-19/h2-15,21,24H,16-18H2,1H3,(H,28,32). The lowest BCUT2D eigenvalue weighted by atomic mass is 9.99. The van der Waals surface area contributed by atoms with Gasteiger partial charge in [-0.1, -0.05) is 84.6 Å². The lowest BCUT2D eigenvalue weighted by molar-refractivity contribution is -0.119. The highest BCUT2D eigenvalue weighted by Crippen LogP contribution is 2.35. The molecule has 4 aromatic rings. The zero-order valence-electron chi connectivity index (χ0n) is 19.3. The molecule has 1 aliphatic rings. The second kappa shape index (κ2) is 10.7. The Morgan fingerprint density at radius 1 is 1.00 bits per heavy atom. The van der Waals surface area contributed by atoms with Gasteiger partial charge in [-0.25, -0.2) is 0 Å². The average molecular weight is 487 g/mol. The molecular formula is C27H26N4O3S. The Bertz CT molecular complexity index is 1280. The van der Waals surface area contributed by atoms with Crippen LogP contribution in [0.25, 0.3) is 0 Å². The van der Waals surface area contributed by atoms with Crippen molar-refractivity contribution < 1.29 is 14.3 Å². The lowest BCUT2D eigenvalue weighted by Gasteiger charge is -2.25. The average Bonchev–Trinajstić information content (AvgIpc) is 3.28. The van der Waals surface area contributed by atoms with Crippen molar-refractivity contribution >= 4 is 17.7 Å². The van der Waals surface area contributed by atoms with Crippen LogP contribution in [-0.4, -0.2) is 33.0 Å². The van der Waals surface area contributed by atoms with Crippen LogP contribution in [0.4, 0.5) is 0 Å². The van der Waals surface area contributed by atoms with E-state index in [1.54, 1.807) is 0 Å². The summed E-state index contributed by atoms with van der Waals surface area (Å²) in [6.45, 7) is 0.354. The smallest absolute Gasteiger partial charge is 0.230 e. The van der Waals surface area contributed by atoms with Gasteiger partial charge in [0, 0.05) is 7.05 Å². The summed E-state index contributed by atoms with van der Waals surface area (Å²) in [6.07, 6.45) is 0.356. The summed E-state index contributed by atoms with van der Waals surface area (Å²) in [6, 6.07) is 27.7. The van der Waals surface area contributed by atoms with Gasteiger partial charge < -0.3 is 19.4 Å². The van der Waals surface area contributed by atoms with Gasteiger partial charge in [0.1, 0.15) is 6.61 Å². The molecule has 0 saturated heterocycles. The van der Waals surface area contributed by atoms with Gasteiger partial charge in [0.25, 0.3) is 0 Å². The molecule has 178 valence electrons. The molecule has 8 heteroatoms. The monoisotopic (exact) mass is 486 g/mol. The number of para-hydroxylation sites is 2. The lowest BCUT2D eigenvalue weighted by Crippen LogP contribution is -2.31. The largest absolute Gasteiger partial charge is 0.485 e. The number of ether oxygens (including phenoxy) is 2. The first-order valence-corrected chi connectivity index (χ1v) is 12.4. The highest BCUT2D eigenvalue weighted by Gasteiger charge is 2.27. The van der Waals surface area contributed by atoms with E-state index in [1.807, 2.05) is 84.4 Å². The second-order valence-corrected chi connectivity index (χ2v) is 9.22. The van der Waals surface area contributed by atoms with Crippen molar-refractivity contribution in [2.45, 2.75) is 23.7 Å². The zero-order chi connectivity index (χ0) is 24.0. The molecule has 2 heterocycles. The maximum absolute atomic E-state index is 12.9. The minimum atomic E-state index is -0.362. The third-order valence-electron chi connectivity index (χ3n) is 5.82. The number of nitrogens with one attached hydrogen (secondary N) is 1. The number of aromatic nitrogens is 3. The fraction of sp³-hybridized carbons (Fsp3) is 0.222. The van der Waals surface area contributed by atoms with Gasteiger partial charge in [-0.2, -0.15) is 0 Å². The molecule has 0 aliphatic carbocycles. The molecule has 0 radical (unpaired) electrons. The van der Waals surface area contributed by atoms with Gasteiger partial charge in [0.05, 0.1) is 11.8 Å². The number of rotatable bonds is 8. The molecule has 0 fully saturated rings. The summed E-state index contributed by atoms with van der Waals surface area (Å²) in [4.78, 5) is 12.9. The van der Waals surface area contributed by atoms with Crippen LogP contribution in [-0.2, 0) is 18.3 Å². The molecule has 1 aliphatic heterocycles. The van der Waals surface area contributed by atoms with Crippen molar-refractivity contribution in [3.63, 3.8) is 0 Å². The van der Waals surface area contributed by atoms with E-state index in [-0.39, 0.29) is 23.8 Å². The quantitative estimate of drug-likeness (QED) is 0.369. The van der Waals surface area contributed by atoms with Crippen molar-refractivity contribution in [2.75, 3.05) is 12.4 Å². The highest BCUT2D eigenvalue weighted by molar-refractivity contribution is 7.99. The van der Waals surface area contributed by atoms with Crippen molar-refractivity contribution in [1.82, 2.24) is 20.1 Å². The van der Waals surface area contributed by atoms with Gasteiger partial charge in [0.15, 0.2) is 28.6 Å². The molecule has 1 N–H and O–H groups in total. The molecule has 2 atom stereocenters. The molecule has 2 unspecified atom stereocenters. The predicted molar refractivity (Wildman–Crippen MR) is 135 cm³/mol. The Hall–Kier alpha value is -3.78. The molecule has 5 rings (SSSR count). The van der Waals surface area contributed by atoms with Crippen LogP contribution in [0.15, 0.2) is 90.1 Å². The van der Waals surface area contributed by atoms with Crippen molar-refractivity contribution in [3.05, 3.63) is 102 Å². The molecule has 0 bridgehead atoms. The molecule has 1 aromatic heterocycles. The van der Waals surface area contributed by atoms with E-state index >= 15 is 0 Å². The number of carbonyl (C=O) groups is 1. The molecule has 0 saturated carbocycles. The van der Waals surface area contributed by atoms with E-state index in [1.165, 1.54) is 17.3 Å². The van der Waals surface area contributed by atoms with Gasteiger partial charge in [-0.3, -0.25) is 4.79 Å². The molecule has 7 nitrogen and oxygen atoms in total. The summed E-state index contributed by atoms with van der Waals surface area (Å²) < 4.78 is 13.7. The summed E-state index contributed by atoms with van der Waals surface area (Å²) in [7, 11) is 1.88. The van der Waals surface area contributed by atoms with Crippen molar-refractivity contribution in [1.29, 1.82) is 0 Å². The van der Waals surface area contributed by atoms with Crippen LogP contribution < -0.4 is 14.8 Å². The Morgan fingerprint density at radius 2 is 1.69 bits per heavy atom. The first kappa shape index (κ1) is 23.0. The summed E-state index contributed by atoms with van der Waals surface area (Å²) in [5.74, 6) is 2.24. The Kier molecular flexibility index (Phi) is 6.99. The number of thioether (sulfide) groups is 1. The van der Waals surface area contributed by atoms with Gasteiger partial charge >= 0.3 is 0 Å². The van der Waals surface area contributed by atoms with Crippen LogP contribution in [0.5, 0.6) is 11.5 Å². The van der Waals surface area contributed by atoms with Crippen molar-refractivity contribution in [3.8, 4) is 11.5 Å². The maximum Gasteiger partial charge on any atom is 0.230 e. The Morgan fingerprint density at radius 3 is 2.46 bits per heavy atom. The molecule has 3 aromatic carbocycles. The summed E-state index contributed by atoms with van der Waals surface area (Å²) >= 11 is 1.35. The van der Waals surface area contributed by atoms with Crippen LogP contribution in [0, 0.1) is 0 Å². The van der Waals surface area contributed by atoms with Crippen LogP contribution >= 0.6 is 11.8 Å². The third kappa shape index (κ3) is 5.49. The first-order valence-electron chi connectivity index (χ1n) is 11.5. The zero-order valence-corrected chi connectivity index (χ0v) is 20.2. The first-order chi connectivity index (χ1) is 17.2. The number of amides is 1. The van der Waals surface area contributed by atoms with E-state index in [0.29, 0.717) is 23.3 Å². The Balaban J connectivity index is 1.22. The number of hydrogen-bond donors (Lipinski definition) is 1. The van der Waals surface area contributed by atoms with Gasteiger partial charge in [-0.15, -0.1) is 10.2 Å². The van der Waals surface area contributed by atoms with Crippen LogP contribution in [0.1, 0.15) is 29.1 Å². The summed E-state index contributed by atoms with van der Waals surface area (Å²) in [5, 5.41) is 12.4. The minimum absolute atomic E-state index is 0.0597. The SMILES string of the molecule is Cn1c(SCC(=O)NC(Cc2ccccc2)c2ccccc2)nnc1C1COc2ccccc2O1. The molecule has 0 spiro atoms. The number of nitrogens with zero attached hydrogens (tertiary/aromatic N) is 3. The molecular weight excluding hydrogens is 460 g/mol. The third-order valence-corrected chi connectivity index (χ3v) is 6.84. The number of carbonyl (C=O) groups excluding carboxylic acids is 1. The number of hydrogen-bond acceptors (Lipinski definition) is 6. The fourth-order valence-corrected chi connectivity index (χ4v) is 4.76.